The zero-order valence-corrected chi connectivity index (χ0v) is 16.5. The van der Waals surface area contributed by atoms with E-state index in [1.54, 1.807) is 5.13 Å². The van der Waals surface area contributed by atoms with Gasteiger partial charge < -0.3 is 0 Å². The van der Waals surface area contributed by atoms with Gasteiger partial charge in [-0.3, -0.25) is 0 Å². The highest BCUT2D eigenvalue weighted by Gasteiger charge is 2.27. The van der Waals surface area contributed by atoms with Gasteiger partial charge in [0.2, 0.25) is 0 Å². The highest BCUT2D eigenvalue weighted by molar-refractivity contribution is 8.17. The van der Waals surface area contributed by atoms with Gasteiger partial charge in [0.05, 0.1) is 5.75 Å². The van der Waals surface area contributed by atoms with Crippen LogP contribution in [0.15, 0.2) is 91.0 Å². The molecule has 0 heterocycles. The minimum Gasteiger partial charge on any atom is -0.224 e. The maximum atomic E-state index is 12.9. The molecule has 0 radical (unpaired) electrons. The van der Waals surface area contributed by atoms with Gasteiger partial charge in [-0.15, -0.1) is 0 Å². The standard InChI is InChI=1S/C22H23O2PS/c1-2-18-26(23,24)19-25(20-12-6-3-7-13-20,21-14-8-4-9-15-21)22-16-10-5-11-17-22/h3-17,19H,2,18H2,1H3. The van der Waals surface area contributed by atoms with E-state index in [1.165, 1.54) is 0 Å². The molecule has 2 nitrogen and oxygen atoms in total. The quantitative estimate of drug-likeness (QED) is 0.611. The van der Waals surface area contributed by atoms with Crippen molar-refractivity contribution in [2.75, 3.05) is 5.75 Å². The Hall–Kier alpha value is -2.09. The molecule has 26 heavy (non-hydrogen) atoms. The highest BCUT2D eigenvalue weighted by atomic mass is 32.2. The monoisotopic (exact) mass is 382 g/mol. The molecule has 0 fully saturated rings. The van der Waals surface area contributed by atoms with Crippen molar-refractivity contribution < 1.29 is 8.42 Å². The maximum Gasteiger partial charge on any atom is 0.172 e. The Morgan fingerprint density at radius 3 is 1.35 bits per heavy atom. The zero-order valence-electron chi connectivity index (χ0n) is 14.8. The van der Waals surface area contributed by atoms with E-state index in [0.29, 0.717) is 6.42 Å². The molecule has 0 bridgehead atoms. The van der Waals surface area contributed by atoms with Crippen molar-refractivity contribution in [3.63, 3.8) is 0 Å². The van der Waals surface area contributed by atoms with Gasteiger partial charge in [0.25, 0.3) is 0 Å². The number of rotatable bonds is 6. The van der Waals surface area contributed by atoms with E-state index in [-0.39, 0.29) is 5.75 Å². The SMILES string of the molecule is CCCS(=O)(=O)C=P(c1ccccc1)(c1ccccc1)c1ccccc1. The Kier molecular flexibility index (Phi) is 5.80. The predicted octanol–water partition coefficient (Wildman–Crippen LogP) is 3.57. The molecule has 0 spiro atoms. The number of sulfone groups is 1. The van der Waals surface area contributed by atoms with Crippen LogP contribution in [0.1, 0.15) is 13.3 Å². The average molecular weight is 382 g/mol. The third kappa shape index (κ3) is 3.85. The first-order valence-corrected chi connectivity index (χ1v) is 12.3. The Morgan fingerprint density at radius 2 is 1.04 bits per heavy atom. The van der Waals surface area contributed by atoms with Gasteiger partial charge >= 0.3 is 0 Å². The molecular weight excluding hydrogens is 359 g/mol. The van der Waals surface area contributed by atoms with E-state index in [4.69, 9.17) is 0 Å². The van der Waals surface area contributed by atoms with Gasteiger partial charge in [-0.25, -0.2) is 8.42 Å². The van der Waals surface area contributed by atoms with E-state index in [1.807, 2.05) is 97.9 Å². The van der Waals surface area contributed by atoms with Crippen molar-refractivity contribution in [3.8, 4) is 0 Å². The van der Waals surface area contributed by atoms with Crippen LogP contribution in [-0.2, 0) is 9.84 Å². The second-order valence-corrected chi connectivity index (χ2v) is 11.8. The Labute approximate surface area is 156 Å². The predicted molar refractivity (Wildman–Crippen MR) is 115 cm³/mol. The van der Waals surface area contributed by atoms with Crippen molar-refractivity contribution in [2.24, 2.45) is 0 Å². The van der Waals surface area contributed by atoms with Gasteiger partial charge in [-0.1, -0.05) is 97.9 Å². The van der Waals surface area contributed by atoms with Crippen LogP contribution in [0.5, 0.6) is 0 Å². The lowest BCUT2D eigenvalue weighted by Gasteiger charge is -2.28. The lowest BCUT2D eigenvalue weighted by molar-refractivity contribution is 0.607. The molecule has 3 rings (SSSR count). The fourth-order valence-corrected chi connectivity index (χ4v) is 10.4. The third-order valence-corrected chi connectivity index (χ3v) is 11.2. The van der Waals surface area contributed by atoms with Crippen molar-refractivity contribution in [3.05, 3.63) is 91.0 Å². The van der Waals surface area contributed by atoms with Crippen LogP contribution in [0, 0.1) is 0 Å². The van der Waals surface area contributed by atoms with Crippen LogP contribution >= 0.6 is 6.89 Å². The largest absolute Gasteiger partial charge is 0.224 e. The Morgan fingerprint density at radius 1 is 0.692 bits per heavy atom. The fourth-order valence-electron chi connectivity index (χ4n) is 3.20. The van der Waals surface area contributed by atoms with E-state index in [2.05, 4.69) is 0 Å². The lowest BCUT2D eigenvalue weighted by atomic mass is 10.4. The van der Waals surface area contributed by atoms with Crippen molar-refractivity contribution in [1.29, 1.82) is 0 Å². The van der Waals surface area contributed by atoms with E-state index in [0.717, 1.165) is 15.9 Å². The molecule has 134 valence electrons. The summed E-state index contributed by atoms with van der Waals surface area (Å²) < 4.78 is 25.9. The van der Waals surface area contributed by atoms with E-state index >= 15 is 0 Å². The number of hydrogen-bond donors (Lipinski definition) is 0. The molecule has 0 amide bonds. The average Bonchev–Trinajstić information content (AvgIpc) is 2.68. The summed E-state index contributed by atoms with van der Waals surface area (Å²) in [4.78, 5) is 0. The summed E-state index contributed by atoms with van der Waals surface area (Å²) in [5, 5.41) is 4.81. The summed E-state index contributed by atoms with van der Waals surface area (Å²) in [5.74, 6) is 0.168. The van der Waals surface area contributed by atoms with Crippen LogP contribution in [-0.4, -0.2) is 19.3 Å². The van der Waals surface area contributed by atoms with Gasteiger partial charge in [0, 0.05) is 5.13 Å². The lowest BCUT2D eigenvalue weighted by Crippen LogP contribution is -2.29. The number of hydrogen-bond acceptors (Lipinski definition) is 2. The molecule has 0 aromatic heterocycles. The van der Waals surface area contributed by atoms with Crippen LogP contribution < -0.4 is 15.9 Å². The molecule has 0 N–H and O–H groups in total. The number of benzene rings is 3. The van der Waals surface area contributed by atoms with Crippen molar-refractivity contribution in [1.82, 2.24) is 0 Å². The summed E-state index contributed by atoms with van der Waals surface area (Å²) in [7, 11) is -3.31. The molecule has 0 aliphatic rings. The first kappa shape index (κ1) is 18.7. The molecule has 3 aromatic rings. The van der Waals surface area contributed by atoms with Crippen LogP contribution in [0.25, 0.3) is 0 Å². The second kappa shape index (κ2) is 8.07. The molecule has 3 aromatic carbocycles. The summed E-state index contributed by atoms with van der Waals surface area (Å²) in [5.41, 5.74) is 0. The minimum atomic E-state index is -3.31. The first-order valence-electron chi connectivity index (χ1n) is 8.73. The van der Waals surface area contributed by atoms with E-state index in [9.17, 15) is 8.42 Å². The fraction of sp³-hybridized carbons (Fsp3) is 0.136. The van der Waals surface area contributed by atoms with Crippen LogP contribution in [0.4, 0.5) is 0 Å². The molecule has 0 saturated carbocycles. The minimum absolute atomic E-state index is 0.168. The molecule has 0 unspecified atom stereocenters. The Bertz CT molecular complexity index is 892. The first-order chi connectivity index (χ1) is 12.6. The molecular formula is C22H23O2PS. The zero-order chi connectivity index (χ0) is 18.5. The maximum absolute atomic E-state index is 12.9. The van der Waals surface area contributed by atoms with Crippen LogP contribution in [0.2, 0.25) is 0 Å². The molecule has 0 aliphatic heterocycles. The van der Waals surface area contributed by atoms with Crippen molar-refractivity contribution in [2.45, 2.75) is 13.3 Å². The molecule has 0 atom stereocenters. The summed E-state index contributed by atoms with van der Waals surface area (Å²) in [6.45, 7) is -0.516. The summed E-state index contributed by atoms with van der Waals surface area (Å²) in [6.07, 6.45) is 0.608. The van der Waals surface area contributed by atoms with Gasteiger partial charge in [-0.2, -0.15) is 0 Å². The van der Waals surface area contributed by atoms with Crippen molar-refractivity contribution >= 4 is 37.8 Å². The Balaban J connectivity index is 2.46. The summed E-state index contributed by atoms with van der Waals surface area (Å²) >= 11 is 0. The molecule has 0 saturated heterocycles. The third-order valence-electron chi connectivity index (χ3n) is 4.30. The molecule has 0 aliphatic carbocycles. The second-order valence-electron chi connectivity index (χ2n) is 6.20. The summed E-state index contributed by atoms with van der Waals surface area (Å²) in [6, 6.07) is 30.1. The normalized spacial score (nSPS) is 11.9. The topological polar surface area (TPSA) is 34.1 Å². The van der Waals surface area contributed by atoms with Crippen LogP contribution in [0.3, 0.4) is 0 Å². The van der Waals surface area contributed by atoms with Gasteiger partial charge in [-0.05, 0) is 29.2 Å². The highest BCUT2D eigenvalue weighted by Crippen LogP contribution is 2.44. The van der Waals surface area contributed by atoms with Gasteiger partial charge in [0.1, 0.15) is 0 Å². The molecule has 4 heteroatoms. The van der Waals surface area contributed by atoms with E-state index < -0.39 is 16.7 Å². The smallest absolute Gasteiger partial charge is 0.172 e. The van der Waals surface area contributed by atoms with Gasteiger partial charge in [0.15, 0.2) is 9.84 Å².